The molecular weight excluding hydrogens is 589 g/mol. The summed E-state index contributed by atoms with van der Waals surface area (Å²) in [7, 11) is -2.96. The first kappa shape index (κ1) is 31.2. The van der Waals surface area contributed by atoms with Crippen LogP contribution < -0.4 is 26.2 Å². The van der Waals surface area contributed by atoms with Gasteiger partial charge in [-0.15, -0.1) is 11.3 Å². The Morgan fingerprint density at radius 1 is 0.977 bits per heavy atom. The molecule has 2 amide bonds. The minimum absolute atomic E-state index is 0.0742. The van der Waals surface area contributed by atoms with Crippen molar-refractivity contribution >= 4 is 52.9 Å². The summed E-state index contributed by atoms with van der Waals surface area (Å²) in [6.07, 6.45) is 1.80. The Bertz CT molecular complexity index is 1720. The molecule has 0 radical (unpaired) electrons. The van der Waals surface area contributed by atoms with Crippen molar-refractivity contribution in [2.75, 3.05) is 6.61 Å². The zero-order chi connectivity index (χ0) is 31.5. The second-order valence-electron chi connectivity index (χ2n) is 11.9. The van der Waals surface area contributed by atoms with Gasteiger partial charge in [0.1, 0.15) is 18.4 Å². The SMILES string of the molecule is Cc1ncc(COc2ccc3cc(C)n(C(=O)N[C@@H](CO[Si](c4ccccc4)(c4ccccc4)C(C)(C)C)C(N)=O)c3c2)s1. The smallest absolute Gasteiger partial charge is 0.326 e. The Kier molecular flexibility index (Phi) is 9.05. The van der Waals surface area contributed by atoms with Crippen molar-refractivity contribution in [2.24, 2.45) is 5.73 Å². The maximum atomic E-state index is 13.8. The van der Waals surface area contributed by atoms with Crippen molar-refractivity contribution < 1.29 is 18.8 Å². The summed E-state index contributed by atoms with van der Waals surface area (Å²) in [5.74, 6) is -0.0496. The second kappa shape index (κ2) is 12.8. The van der Waals surface area contributed by atoms with Crippen molar-refractivity contribution in [3.05, 3.63) is 107 Å². The Labute approximate surface area is 263 Å². The van der Waals surface area contributed by atoms with Crippen LogP contribution in [0.4, 0.5) is 4.79 Å². The van der Waals surface area contributed by atoms with Crippen molar-refractivity contribution in [1.82, 2.24) is 14.9 Å². The van der Waals surface area contributed by atoms with E-state index < -0.39 is 26.3 Å². The number of aromatic nitrogens is 2. The molecular formula is C34H38N4O4SSi. The van der Waals surface area contributed by atoms with Crippen molar-refractivity contribution in [2.45, 2.75) is 52.3 Å². The van der Waals surface area contributed by atoms with E-state index in [0.29, 0.717) is 23.6 Å². The van der Waals surface area contributed by atoms with Crippen LogP contribution in [0, 0.1) is 13.8 Å². The Morgan fingerprint density at radius 3 is 2.16 bits per heavy atom. The van der Waals surface area contributed by atoms with E-state index in [1.807, 2.05) is 74.5 Å². The summed E-state index contributed by atoms with van der Waals surface area (Å²) in [4.78, 5) is 31.8. The number of hydrogen-bond donors (Lipinski definition) is 2. The van der Waals surface area contributed by atoms with Crippen molar-refractivity contribution in [3.63, 3.8) is 0 Å². The molecule has 0 aliphatic rings. The van der Waals surface area contributed by atoms with Crippen LogP contribution in [-0.2, 0) is 15.8 Å². The number of nitrogens with two attached hydrogens (primary N) is 1. The molecule has 0 spiro atoms. The molecule has 3 aromatic carbocycles. The fourth-order valence-corrected chi connectivity index (χ4v) is 11.0. The molecule has 2 heterocycles. The zero-order valence-corrected chi connectivity index (χ0v) is 27.5. The number of thiazole rings is 1. The summed E-state index contributed by atoms with van der Waals surface area (Å²) in [5, 5.41) is 6.55. The molecule has 0 aliphatic heterocycles. The van der Waals surface area contributed by atoms with Crippen LogP contribution in [0.15, 0.2) is 91.1 Å². The molecule has 1 atom stereocenters. The number of ether oxygens (including phenoxy) is 1. The molecule has 2 aromatic heterocycles. The third kappa shape index (κ3) is 6.33. The van der Waals surface area contributed by atoms with E-state index in [9.17, 15) is 9.59 Å². The summed E-state index contributed by atoms with van der Waals surface area (Å²) in [6.45, 7) is 10.6. The quantitative estimate of drug-likeness (QED) is 0.205. The molecule has 0 unspecified atom stereocenters. The number of nitrogens with one attached hydrogen (secondary N) is 1. The molecule has 5 aromatic rings. The van der Waals surface area contributed by atoms with Gasteiger partial charge in [-0.05, 0) is 47.5 Å². The highest BCUT2D eigenvalue weighted by Gasteiger charge is 2.50. The first-order valence-electron chi connectivity index (χ1n) is 14.5. The van der Waals surface area contributed by atoms with Gasteiger partial charge in [-0.2, -0.15) is 0 Å². The van der Waals surface area contributed by atoms with Gasteiger partial charge in [0, 0.05) is 23.3 Å². The largest absolute Gasteiger partial charge is 0.488 e. The average molecular weight is 627 g/mol. The number of nitrogens with zero attached hydrogens (tertiary/aromatic N) is 2. The summed E-state index contributed by atoms with van der Waals surface area (Å²) in [6, 6.07) is 26.3. The molecule has 5 rings (SSSR count). The standard InChI is InChI=1S/C34H38N4O4SSi/c1-23-18-25-16-17-26(41-21-27-20-36-24(2)43-27)19-31(25)38(23)33(40)37-30(32(35)39)22-42-44(34(3,4)5,28-12-8-6-9-13-28)29-14-10-7-11-15-29/h6-20,30H,21-22H2,1-5H3,(H2,35,39)(H,37,40)/t30-/m0/s1. The predicted molar refractivity (Wildman–Crippen MR) is 178 cm³/mol. The molecule has 228 valence electrons. The van der Waals surface area contributed by atoms with Crippen LogP contribution in [-0.4, -0.2) is 42.5 Å². The minimum atomic E-state index is -2.96. The van der Waals surface area contributed by atoms with Crippen LogP contribution in [0.25, 0.3) is 10.9 Å². The number of aryl methyl sites for hydroxylation is 2. The van der Waals surface area contributed by atoms with Gasteiger partial charge in [0.25, 0.3) is 8.32 Å². The van der Waals surface area contributed by atoms with Crippen LogP contribution in [0.2, 0.25) is 5.04 Å². The Hall–Kier alpha value is -4.25. The molecule has 3 N–H and O–H groups in total. The highest BCUT2D eigenvalue weighted by Crippen LogP contribution is 2.37. The topological polar surface area (TPSA) is 108 Å². The third-order valence-electron chi connectivity index (χ3n) is 7.74. The number of fused-ring (bicyclic) bond motifs is 1. The van der Waals surface area contributed by atoms with E-state index in [-0.39, 0.29) is 11.6 Å². The van der Waals surface area contributed by atoms with Gasteiger partial charge in [0.05, 0.1) is 22.0 Å². The molecule has 10 heteroatoms. The van der Waals surface area contributed by atoms with Gasteiger partial charge in [-0.25, -0.2) is 9.78 Å². The highest BCUT2D eigenvalue weighted by molar-refractivity contribution is 7.11. The normalized spacial score (nSPS) is 12.7. The van der Waals surface area contributed by atoms with Crippen LogP contribution >= 0.6 is 11.3 Å². The lowest BCUT2D eigenvalue weighted by atomic mass is 10.2. The Morgan fingerprint density at radius 2 is 1.61 bits per heavy atom. The summed E-state index contributed by atoms with van der Waals surface area (Å²) < 4.78 is 14.5. The summed E-state index contributed by atoms with van der Waals surface area (Å²) in [5.41, 5.74) is 7.25. The van der Waals surface area contributed by atoms with E-state index in [0.717, 1.165) is 25.6 Å². The number of carbonyl (C=O) groups is 2. The van der Waals surface area contributed by atoms with E-state index >= 15 is 0 Å². The maximum Gasteiger partial charge on any atom is 0.326 e. The number of hydrogen-bond acceptors (Lipinski definition) is 6. The maximum absolute atomic E-state index is 13.8. The minimum Gasteiger partial charge on any atom is -0.488 e. The predicted octanol–water partition coefficient (Wildman–Crippen LogP) is 5.28. The first-order valence-corrected chi connectivity index (χ1v) is 17.2. The second-order valence-corrected chi connectivity index (χ2v) is 17.5. The molecule has 0 saturated carbocycles. The van der Waals surface area contributed by atoms with E-state index in [2.05, 4.69) is 55.3 Å². The lowest BCUT2D eigenvalue weighted by Gasteiger charge is -2.43. The number of amides is 2. The molecule has 0 fully saturated rings. The van der Waals surface area contributed by atoms with E-state index in [1.54, 1.807) is 17.5 Å². The average Bonchev–Trinajstić information content (AvgIpc) is 3.57. The molecule has 8 nitrogen and oxygen atoms in total. The number of rotatable bonds is 10. The van der Waals surface area contributed by atoms with Gasteiger partial charge in [0.2, 0.25) is 5.91 Å². The number of carbonyl (C=O) groups excluding carboxylic acids is 2. The van der Waals surface area contributed by atoms with Gasteiger partial charge in [-0.1, -0.05) is 81.4 Å². The van der Waals surface area contributed by atoms with Crippen LogP contribution in [0.5, 0.6) is 5.75 Å². The molecule has 0 saturated heterocycles. The first-order chi connectivity index (χ1) is 21.0. The van der Waals surface area contributed by atoms with Gasteiger partial charge in [0.15, 0.2) is 0 Å². The zero-order valence-electron chi connectivity index (χ0n) is 25.7. The number of primary amides is 1. The fourth-order valence-electron chi connectivity index (χ4n) is 5.68. The summed E-state index contributed by atoms with van der Waals surface area (Å²) >= 11 is 1.58. The lowest BCUT2D eigenvalue weighted by Crippen LogP contribution is -2.68. The van der Waals surface area contributed by atoms with E-state index in [1.165, 1.54) is 4.57 Å². The lowest BCUT2D eigenvalue weighted by molar-refractivity contribution is -0.120. The molecule has 0 aliphatic carbocycles. The van der Waals surface area contributed by atoms with Gasteiger partial charge in [-0.3, -0.25) is 9.36 Å². The van der Waals surface area contributed by atoms with Crippen LogP contribution in [0.1, 0.15) is 36.3 Å². The molecule has 0 bridgehead atoms. The third-order valence-corrected chi connectivity index (χ3v) is 13.6. The van der Waals surface area contributed by atoms with E-state index in [4.69, 9.17) is 14.9 Å². The number of benzene rings is 3. The molecule has 44 heavy (non-hydrogen) atoms. The highest BCUT2D eigenvalue weighted by atomic mass is 32.1. The Balaban J connectivity index is 1.42. The fraction of sp³-hybridized carbons (Fsp3) is 0.265. The van der Waals surface area contributed by atoms with Gasteiger partial charge < -0.3 is 20.2 Å². The van der Waals surface area contributed by atoms with Crippen molar-refractivity contribution in [3.8, 4) is 5.75 Å². The van der Waals surface area contributed by atoms with Crippen molar-refractivity contribution in [1.29, 1.82) is 0 Å². The van der Waals surface area contributed by atoms with Crippen LogP contribution in [0.3, 0.4) is 0 Å². The van der Waals surface area contributed by atoms with Gasteiger partial charge >= 0.3 is 6.03 Å². The monoisotopic (exact) mass is 626 g/mol.